The van der Waals surface area contributed by atoms with E-state index in [0.717, 1.165) is 57.0 Å². The van der Waals surface area contributed by atoms with Crippen LogP contribution in [0.4, 0.5) is 8.78 Å². The van der Waals surface area contributed by atoms with Gasteiger partial charge in [-0.3, -0.25) is 0 Å². The molecule has 2 heterocycles. The number of allylic oxidation sites excluding steroid dienone is 1. The first kappa shape index (κ1) is 22.5. The fourth-order valence-electron chi connectivity index (χ4n) is 5.00. The molecule has 3 aliphatic rings. The van der Waals surface area contributed by atoms with E-state index in [1.807, 2.05) is 36.4 Å². The number of aliphatic imine (C=N–C) groups is 1. The van der Waals surface area contributed by atoms with Crippen LogP contribution in [0.2, 0.25) is 0 Å². The lowest BCUT2D eigenvalue weighted by Gasteiger charge is -2.40. The van der Waals surface area contributed by atoms with Crippen molar-refractivity contribution < 1.29 is 8.78 Å². The molecular formula is C29H21BrF2N2S. The maximum Gasteiger partial charge on any atom is 0.174 e. The van der Waals surface area contributed by atoms with Gasteiger partial charge in [-0.1, -0.05) is 76.2 Å². The number of nitrogens with zero attached hydrogens (tertiary/aromatic N) is 2. The summed E-state index contributed by atoms with van der Waals surface area (Å²) in [5, 5.41) is 2.91. The highest BCUT2D eigenvalue weighted by Crippen LogP contribution is 2.51. The van der Waals surface area contributed by atoms with Gasteiger partial charge < -0.3 is 4.90 Å². The maximum atomic E-state index is 15.3. The minimum Gasteiger partial charge on any atom is -0.308 e. The summed E-state index contributed by atoms with van der Waals surface area (Å²) in [5.41, 5.74) is 6.19. The van der Waals surface area contributed by atoms with Crippen molar-refractivity contribution in [3.63, 3.8) is 0 Å². The molecule has 3 aromatic rings. The Kier molecular flexibility index (Phi) is 5.94. The molecule has 35 heavy (non-hydrogen) atoms. The quantitative estimate of drug-likeness (QED) is 0.326. The fraction of sp³-hybridized carbons (Fsp3) is 0.138. The highest BCUT2D eigenvalue weighted by molar-refractivity contribution is 9.10. The third kappa shape index (κ3) is 4.09. The van der Waals surface area contributed by atoms with Gasteiger partial charge in [0, 0.05) is 21.0 Å². The van der Waals surface area contributed by atoms with Crippen molar-refractivity contribution in [3.8, 4) is 0 Å². The van der Waals surface area contributed by atoms with E-state index in [1.54, 1.807) is 30.0 Å². The van der Waals surface area contributed by atoms with E-state index in [1.165, 1.54) is 12.1 Å². The lowest BCUT2D eigenvalue weighted by Crippen LogP contribution is -2.35. The van der Waals surface area contributed by atoms with E-state index >= 15 is 4.39 Å². The summed E-state index contributed by atoms with van der Waals surface area (Å²) in [4.78, 5) is 7.25. The second-order valence-corrected chi connectivity index (χ2v) is 10.5. The summed E-state index contributed by atoms with van der Waals surface area (Å²) in [6.45, 7) is 0. The first-order valence-electron chi connectivity index (χ1n) is 11.5. The summed E-state index contributed by atoms with van der Waals surface area (Å²) in [7, 11) is 0. The molecule has 0 saturated carbocycles. The zero-order valence-corrected chi connectivity index (χ0v) is 21.1. The van der Waals surface area contributed by atoms with Crippen LogP contribution in [0.15, 0.2) is 105 Å². The second-order valence-electron chi connectivity index (χ2n) is 8.73. The third-order valence-corrected chi connectivity index (χ3v) is 7.98. The van der Waals surface area contributed by atoms with Crippen LogP contribution in [0.25, 0.3) is 11.8 Å². The van der Waals surface area contributed by atoms with Crippen LogP contribution in [0.3, 0.4) is 0 Å². The lowest BCUT2D eigenvalue weighted by atomic mass is 9.82. The normalized spacial score (nSPS) is 20.5. The molecule has 6 heteroatoms. The third-order valence-electron chi connectivity index (χ3n) is 6.61. The maximum absolute atomic E-state index is 15.3. The Morgan fingerprint density at radius 1 is 0.914 bits per heavy atom. The van der Waals surface area contributed by atoms with Crippen LogP contribution in [0.1, 0.15) is 42.0 Å². The summed E-state index contributed by atoms with van der Waals surface area (Å²) in [5.74, 6) is -0.485. The van der Waals surface area contributed by atoms with Crippen LogP contribution in [-0.2, 0) is 0 Å². The standard InChI is InChI=1S/C29H21BrF2N2S/c30-21-14-12-18(13-15-21)26-17-35-29-33-27-20(16-19-6-1-3-10-24(19)31)7-5-9-23(27)28(34(26)29)22-8-2-4-11-25(22)32/h1-4,6,8,10-17,28H,5,7,9H2/b20-16+. The second kappa shape index (κ2) is 9.25. The van der Waals surface area contributed by atoms with Gasteiger partial charge in [-0.25, -0.2) is 13.8 Å². The Balaban J connectivity index is 1.52. The molecule has 0 amide bonds. The number of hydrogen-bond donors (Lipinski definition) is 0. The average Bonchev–Trinajstić information content (AvgIpc) is 3.29. The Hall–Kier alpha value is -2.96. The Morgan fingerprint density at radius 3 is 2.43 bits per heavy atom. The molecule has 0 fully saturated rings. The molecule has 0 aromatic heterocycles. The monoisotopic (exact) mass is 546 g/mol. The van der Waals surface area contributed by atoms with Gasteiger partial charge in [0.2, 0.25) is 0 Å². The average molecular weight is 547 g/mol. The number of benzene rings is 3. The molecule has 2 aliphatic heterocycles. The van der Waals surface area contributed by atoms with Gasteiger partial charge in [0.25, 0.3) is 0 Å². The van der Waals surface area contributed by atoms with Crippen LogP contribution in [0, 0.1) is 11.6 Å². The Morgan fingerprint density at radius 2 is 1.66 bits per heavy atom. The molecule has 174 valence electrons. The van der Waals surface area contributed by atoms with E-state index in [-0.39, 0.29) is 17.7 Å². The molecule has 1 atom stereocenters. The minimum absolute atomic E-state index is 0.233. The van der Waals surface area contributed by atoms with E-state index in [9.17, 15) is 4.39 Å². The zero-order valence-electron chi connectivity index (χ0n) is 18.7. The summed E-state index contributed by atoms with van der Waals surface area (Å²) < 4.78 is 30.8. The number of rotatable bonds is 3. The molecular weight excluding hydrogens is 526 g/mol. The van der Waals surface area contributed by atoms with Crippen molar-refractivity contribution in [1.29, 1.82) is 0 Å². The first-order chi connectivity index (χ1) is 17.1. The number of amidine groups is 1. The minimum atomic E-state index is -0.312. The van der Waals surface area contributed by atoms with Crippen LogP contribution in [-0.4, -0.2) is 10.1 Å². The fourth-order valence-corrected chi connectivity index (χ4v) is 6.19. The van der Waals surface area contributed by atoms with Gasteiger partial charge in [0.15, 0.2) is 5.17 Å². The van der Waals surface area contributed by atoms with Crippen molar-refractivity contribution in [2.45, 2.75) is 25.3 Å². The molecule has 0 radical (unpaired) electrons. The molecule has 6 rings (SSSR count). The van der Waals surface area contributed by atoms with Crippen LogP contribution < -0.4 is 0 Å². The van der Waals surface area contributed by atoms with Crippen molar-refractivity contribution in [3.05, 3.63) is 128 Å². The number of hydrogen-bond acceptors (Lipinski definition) is 3. The zero-order chi connectivity index (χ0) is 23.9. The van der Waals surface area contributed by atoms with Gasteiger partial charge in [-0.15, -0.1) is 0 Å². The van der Waals surface area contributed by atoms with E-state index < -0.39 is 0 Å². The van der Waals surface area contributed by atoms with E-state index in [0.29, 0.717) is 11.1 Å². The summed E-state index contributed by atoms with van der Waals surface area (Å²) >= 11 is 5.06. The Labute approximate surface area is 215 Å². The number of fused-ring (bicyclic) bond motifs is 1. The SMILES string of the molecule is Fc1ccccc1/C=C1\CCCC2=C1N=C1SC=C(c3ccc(Br)cc3)N1C2c1ccccc1F. The molecule has 2 nitrogen and oxygen atoms in total. The van der Waals surface area contributed by atoms with Gasteiger partial charge >= 0.3 is 0 Å². The van der Waals surface area contributed by atoms with Crippen molar-refractivity contribution in [1.82, 2.24) is 4.90 Å². The Bertz CT molecular complexity index is 1440. The van der Waals surface area contributed by atoms with Crippen molar-refractivity contribution in [2.24, 2.45) is 4.99 Å². The molecule has 0 spiro atoms. The predicted molar refractivity (Wildman–Crippen MR) is 143 cm³/mol. The van der Waals surface area contributed by atoms with Gasteiger partial charge in [0.1, 0.15) is 11.6 Å². The molecule has 0 N–H and O–H groups in total. The predicted octanol–water partition coefficient (Wildman–Crippen LogP) is 8.71. The number of halogens is 3. The van der Waals surface area contributed by atoms with Gasteiger partial charge in [0.05, 0.1) is 17.4 Å². The van der Waals surface area contributed by atoms with Crippen molar-refractivity contribution in [2.75, 3.05) is 0 Å². The van der Waals surface area contributed by atoms with E-state index in [4.69, 9.17) is 4.99 Å². The van der Waals surface area contributed by atoms with Gasteiger partial charge in [-0.2, -0.15) is 0 Å². The highest BCUT2D eigenvalue weighted by Gasteiger charge is 2.41. The van der Waals surface area contributed by atoms with Crippen LogP contribution in [0.5, 0.6) is 0 Å². The molecule has 0 saturated heterocycles. The van der Waals surface area contributed by atoms with Crippen LogP contribution >= 0.6 is 27.7 Å². The molecule has 1 unspecified atom stereocenters. The molecule has 0 bridgehead atoms. The largest absolute Gasteiger partial charge is 0.308 e. The summed E-state index contributed by atoms with van der Waals surface area (Å²) in [6, 6.07) is 21.6. The molecule has 1 aliphatic carbocycles. The first-order valence-corrected chi connectivity index (χ1v) is 13.2. The highest BCUT2D eigenvalue weighted by atomic mass is 79.9. The smallest absolute Gasteiger partial charge is 0.174 e. The van der Waals surface area contributed by atoms with E-state index in [2.05, 4.69) is 38.4 Å². The topological polar surface area (TPSA) is 15.6 Å². The van der Waals surface area contributed by atoms with Crippen molar-refractivity contribution >= 4 is 44.6 Å². The summed E-state index contributed by atoms with van der Waals surface area (Å²) in [6.07, 6.45) is 4.44. The lowest BCUT2D eigenvalue weighted by molar-refractivity contribution is 0.439. The molecule has 3 aromatic carbocycles. The number of thioether (sulfide) groups is 1. The van der Waals surface area contributed by atoms with Gasteiger partial charge in [-0.05, 0) is 66.3 Å².